The zero-order valence-electron chi connectivity index (χ0n) is 8.80. The molecule has 0 saturated heterocycles. The molecule has 1 rings (SSSR count). The zero-order valence-corrected chi connectivity index (χ0v) is 10.4. The third-order valence-electron chi connectivity index (χ3n) is 1.60. The molecule has 0 radical (unpaired) electrons. The molecular formula is C11H14O2S2. The van der Waals surface area contributed by atoms with E-state index in [9.17, 15) is 0 Å². The zero-order chi connectivity index (χ0) is 11.1. The van der Waals surface area contributed by atoms with Gasteiger partial charge in [0.2, 0.25) is 0 Å². The molecule has 4 heteroatoms. The highest BCUT2D eigenvalue weighted by atomic mass is 32.2. The van der Waals surface area contributed by atoms with Crippen LogP contribution in [0.5, 0.6) is 0 Å². The van der Waals surface area contributed by atoms with Crippen molar-refractivity contribution in [2.24, 2.45) is 0 Å². The SMILES string of the molecule is CCOOC(C)SC(=S)c1ccccc1. The monoisotopic (exact) mass is 242 g/mol. The van der Waals surface area contributed by atoms with Crippen molar-refractivity contribution in [3.8, 4) is 0 Å². The summed E-state index contributed by atoms with van der Waals surface area (Å²) in [5, 5.41) is 0. The molecule has 0 aliphatic heterocycles. The Hall–Kier alpha value is -0.420. The highest BCUT2D eigenvalue weighted by molar-refractivity contribution is 8.24. The quantitative estimate of drug-likeness (QED) is 0.341. The van der Waals surface area contributed by atoms with Gasteiger partial charge < -0.3 is 0 Å². The van der Waals surface area contributed by atoms with Crippen LogP contribution < -0.4 is 0 Å². The minimum absolute atomic E-state index is 0.0855. The first-order valence-corrected chi connectivity index (χ1v) is 6.07. The normalized spacial score (nSPS) is 12.4. The maximum Gasteiger partial charge on any atom is 0.141 e. The molecule has 1 aromatic rings. The van der Waals surface area contributed by atoms with Crippen LogP contribution >= 0.6 is 24.0 Å². The lowest BCUT2D eigenvalue weighted by Crippen LogP contribution is -2.07. The Bertz CT molecular complexity index is 301. The maximum absolute atomic E-state index is 5.27. The van der Waals surface area contributed by atoms with Crippen LogP contribution in [0.3, 0.4) is 0 Å². The second kappa shape index (κ2) is 6.95. The lowest BCUT2D eigenvalue weighted by molar-refractivity contribution is -0.297. The fourth-order valence-corrected chi connectivity index (χ4v) is 2.19. The van der Waals surface area contributed by atoms with Gasteiger partial charge in [0, 0.05) is 0 Å². The van der Waals surface area contributed by atoms with Gasteiger partial charge in [-0.05, 0) is 19.4 Å². The molecule has 0 N–H and O–H groups in total. The van der Waals surface area contributed by atoms with E-state index in [0.29, 0.717) is 6.61 Å². The minimum atomic E-state index is -0.0855. The smallest absolute Gasteiger partial charge is 0.141 e. The molecule has 0 saturated carbocycles. The van der Waals surface area contributed by atoms with Gasteiger partial charge in [-0.2, -0.15) is 0 Å². The summed E-state index contributed by atoms with van der Waals surface area (Å²) >= 11 is 6.75. The van der Waals surface area contributed by atoms with Crippen LogP contribution in [-0.2, 0) is 9.78 Å². The van der Waals surface area contributed by atoms with E-state index in [-0.39, 0.29) is 5.44 Å². The van der Waals surface area contributed by atoms with E-state index in [1.807, 2.05) is 44.2 Å². The molecule has 1 unspecified atom stereocenters. The van der Waals surface area contributed by atoms with Crippen LogP contribution in [0, 0.1) is 0 Å². The third kappa shape index (κ3) is 4.75. The first-order valence-electron chi connectivity index (χ1n) is 4.78. The van der Waals surface area contributed by atoms with Crippen molar-refractivity contribution in [2.45, 2.75) is 19.3 Å². The second-order valence-corrected chi connectivity index (χ2v) is 4.82. The van der Waals surface area contributed by atoms with Crippen molar-refractivity contribution in [1.29, 1.82) is 0 Å². The van der Waals surface area contributed by atoms with Crippen molar-refractivity contribution in [1.82, 2.24) is 0 Å². The Balaban J connectivity index is 2.42. The summed E-state index contributed by atoms with van der Waals surface area (Å²) in [5.74, 6) is 0. The molecule has 0 bridgehead atoms. The Morgan fingerprint density at radius 2 is 2.07 bits per heavy atom. The molecule has 0 aliphatic carbocycles. The van der Waals surface area contributed by atoms with Crippen LogP contribution in [0.15, 0.2) is 30.3 Å². The van der Waals surface area contributed by atoms with Gasteiger partial charge in [-0.1, -0.05) is 54.3 Å². The van der Waals surface area contributed by atoms with Gasteiger partial charge in [-0.25, -0.2) is 9.78 Å². The van der Waals surface area contributed by atoms with E-state index < -0.39 is 0 Å². The van der Waals surface area contributed by atoms with Crippen LogP contribution in [0.4, 0.5) is 0 Å². The lowest BCUT2D eigenvalue weighted by Gasteiger charge is -2.11. The summed E-state index contributed by atoms with van der Waals surface area (Å²) in [4.78, 5) is 9.91. The summed E-state index contributed by atoms with van der Waals surface area (Å²) in [6, 6.07) is 9.88. The molecule has 2 nitrogen and oxygen atoms in total. The second-order valence-electron chi connectivity index (χ2n) is 2.84. The van der Waals surface area contributed by atoms with Crippen molar-refractivity contribution >= 4 is 28.2 Å². The van der Waals surface area contributed by atoms with E-state index in [1.54, 1.807) is 0 Å². The Labute approximate surface area is 99.9 Å². The van der Waals surface area contributed by atoms with Gasteiger partial charge in [-0.15, -0.1) is 0 Å². The van der Waals surface area contributed by atoms with Crippen LogP contribution in [-0.4, -0.2) is 16.2 Å². The standard InChI is InChI=1S/C11H14O2S2/c1-3-12-13-9(2)15-11(14)10-7-5-4-6-8-10/h4-9H,3H2,1-2H3. The highest BCUT2D eigenvalue weighted by Crippen LogP contribution is 2.19. The van der Waals surface area contributed by atoms with E-state index >= 15 is 0 Å². The van der Waals surface area contributed by atoms with Gasteiger partial charge in [0.15, 0.2) is 0 Å². The topological polar surface area (TPSA) is 18.5 Å². The van der Waals surface area contributed by atoms with Gasteiger partial charge >= 0.3 is 0 Å². The number of thiocarbonyl (C=S) groups is 1. The average Bonchev–Trinajstić information content (AvgIpc) is 2.27. The molecular weight excluding hydrogens is 228 g/mol. The molecule has 0 fully saturated rings. The summed E-state index contributed by atoms with van der Waals surface area (Å²) < 4.78 is 0.822. The molecule has 1 atom stereocenters. The van der Waals surface area contributed by atoms with Crippen molar-refractivity contribution in [2.75, 3.05) is 6.61 Å². The van der Waals surface area contributed by atoms with Gasteiger partial charge in [0.1, 0.15) is 5.44 Å². The third-order valence-corrected chi connectivity index (χ3v) is 2.99. The fraction of sp³-hybridized carbons (Fsp3) is 0.364. The first kappa shape index (κ1) is 12.6. The summed E-state index contributed by atoms with van der Waals surface area (Å²) in [7, 11) is 0. The van der Waals surface area contributed by atoms with Crippen molar-refractivity contribution < 1.29 is 9.78 Å². The lowest BCUT2D eigenvalue weighted by atomic mass is 10.2. The fourth-order valence-electron chi connectivity index (χ4n) is 0.977. The number of hydrogen-bond acceptors (Lipinski definition) is 4. The van der Waals surface area contributed by atoms with Gasteiger partial charge in [0.25, 0.3) is 0 Å². The first-order chi connectivity index (χ1) is 7.24. The summed E-state index contributed by atoms with van der Waals surface area (Å²) in [6.45, 7) is 4.34. The summed E-state index contributed by atoms with van der Waals surface area (Å²) in [5.41, 5.74) is 0.960. The van der Waals surface area contributed by atoms with Crippen molar-refractivity contribution in [3.63, 3.8) is 0 Å². The number of thioether (sulfide) groups is 1. The van der Waals surface area contributed by atoms with E-state index in [2.05, 4.69) is 0 Å². The Kier molecular flexibility index (Phi) is 5.86. The molecule has 0 spiro atoms. The largest absolute Gasteiger partial charge is 0.236 e. The molecule has 0 amide bonds. The van der Waals surface area contributed by atoms with Crippen LogP contribution in [0.25, 0.3) is 0 Å². The van der Waals surface area contributed by atoms with Gasteiger partial charge in [-0.3, -0.25) is 0 Å². The average molecular weight is 242 g/mol. The summed E-state index contributed by atoms with van der Waals surface area (Å²) in [6.07, 6.45) is 0. The van der Waals surface area contributed by atoms with Gasteiger partial charge in [0.05, 0.1) is 10.8 Å². The Morgan fingerprint density at radius 1 is 1.40 bits per heavy atom. The van der Waals surface area contributed by atoms with Crippen LogP contribution in [0.2, 0.25) is 0 Å². The molecule has 82 valence electrons. The molecule has 0 aromatic heterocycles. The van der Waals surface area contributed by atoms with E-state index in [1.165, 1.54) is 11.8 Å². The highest BCUT2D eigenvalue weighted by Gasteiger charge is 2.09. The van der Waals surface area contributed by atoms with E-state index in [4.69, 9.17) is 22.0 Å². The van der Waals surface area contributed by atoms with E-state index in [0.717, 1.165) is 9.76 Å². The predicted octanol–water partition coefficient (Wildman–Crippen LogP) is 3.41. The molecule has 0 heterocycles. The van der Waals surface area contributed by atoms with Crippen LogP contribution in [0.1, 0.15) is 19.4 Å². The predicted molar refractivity (Wildman–Crippen MR) is 67.9 cm³/mol. The number of benzene rings is 1. The molecule has 15 heavy (non-hydrogen) atoms. The number of hydrogen-bond donors (Lipinski definition) is 0. The van der Waals surface area contributed by atoms with Crippen molar-refractivity contribution in [3.05, 3.63) is 35.9 Å². The Morgan fingerprint density at radius 3 is 2.67 bits per heavy atom. The molecule has 1 aromatic carbocycles. The minimum Gasteiger partial charge on any atom is -0.236 e. The molecule has 0 aliphatic rings. The number of rotatable bonds is 5. The maximum atomic E-state index is 5.27.